The zero-order chi connectivity index (χ0) is 19.3. The number of nitrogens with zero attached hydrogens (tertiary/aromatic N) is 4. The number of aliphatic hydroxyl groups excluding tert-OH is 1. The first-order valence-electron chi connectivity index (χ1n) is 10.9. The molecule has 1 saturated heterocycles. The molecule has 5 nitrogen and oxygen atoms in total. The van der Waals surface area contributed by atoms with Crippen molar-refractivity contribution in [3.63, 3.8) is 0 Å². The number of hydrogen-bond donors (Lipinski definition) is 1. The van der Waals surface area contributed by atoms with Gasteiger partial charge in [-0.15, -0.1) is 0 Å². The van der Waals surface area contributed by atoms with Crippen molar-refractivity contribution in [1.82, 2.24) is 19.6 Å². The molecule has 1 aromatic heterocycles. The molecule has 28 heavy (non-hydrogen) atoms. The first-order chi connectivity index (χ1) is 13.7. The van der Waals surface area contributed by atoms with E-state index in [0.29, 0.717) is 6.04 Å². The van der Waals surface area contributed by atoms with E-state index >= 15 is 0 Å². The Kier molecular flexibility index (Phi) is 6.45. The second kappa shape index (κ2) is 9.21. The fraction of sp³-hybridized carbons (Fsp3) is 0.609. The third kappa shape index (κ3) is 4.48. The van der Waals surface area contributed by atoms with Crippen molar-refractivity contribution in [3.05, 3.63) is 42.1 Å². The standard InChI is InChI=1S/C23H34N4O/c1-25-16-20(23(24-25)19-8-4-2-5-9-19)17-26-13-14-27(22(18-26)12-15-28)21-10-6-3-7-11-21/h2,4-5,8-9,16,21-22,28H,3,6-7,10-15,17-18H2,1H3/t22-/m1/s1. The molecule has 2 heterocycles. The molecule has 0 unspecified atom stereocenters. The summed E-state index contributed by atoms with van der Waals surface area (Å²) in [4.78, 5) is 5.27. The Morgan fingerprint density at radius 2 is 1.86 bits per heavy atom. The van der Waals surface area contributed by atoms with Crippen LogP contribution in [0.1, 0.15) is 44.1 Å². The summed E-state index contributed by atoms with van der Waals surface area (Å²) in [6.07, 6.45) is 9.85. The van der Waals surface area contributed by atoms with Crippen molar-refractivity contribution in [3.8, 4) is 11.3 Å². The summed E-state index contributed by atoms with van der Waals surface area (Å²) in [5, 5.41) is 14.4. The molecule has 1 aromatic carbocycles. The molecule has 2 fully saturated rings. The van der Waals surface area contributed by atoms with Crippen molar-refractivity contribution in [2.75, 3.05) is 26.2 Å². The van der Waals surface area contributed by atoms with E-state index in [-0.39, 0.29) is 6.61 Å². The minimum Gasteiger partial charge on any atom is -0.396 e. The summed E-state index contributed by atoms with van der Waals surface area (Å²) in [5.41, 5.74) is 3.57. The summed E-state index contributed by atoms with van der Waals surface area (Å²) < 4.78 is 1.93. The summed E-state index contributed by atoms with van der Waals surface area (Å²) in [7, 11) is 2.01. The largest absolute Gasteiger partial charge is 0.396 e. The van der Waals surface area contributed by atoms with Crippen molar-refractivity contribution in [1.29, 1.82) is 0 Å². The van der Waals surface area contributed by atoms with Crippen LogP contribution in [0.15, 0.2) is 36.5 Å². The number of aryl methyl sites for hydroxylation is 1. The normalized spacial score (nSPS) is 22.6. The van der Waals surface area contributed by atoms with Crippen LogP contribution in [0.3, 0.4) is 0 Å². The van der Waals surface area contributed by atoms with Crippen molar-refractivity contribution in [2.24, 2.45) is 7.05 Å². The van der Waals surface area contributed by atoms with Crippen molar-refractivity contribution in [2.45, 2.75) is 57.2 Å². The predicted molar refractivity (Wildman–Crippen MR) is 113 cm³/mol. The number of benzene rings is 1. The molecule has 152 valence electrons. The third-order valence-electron chi connectivity index (χ3n) is 6.46. The molecule has 4 rings (SSSR count). The number of rotatable bonds is 6. The second-order valence-electron chi connectivity index (χ2n) is 8.47. The lowest BCUT2D eigenvalue weighted by molar-refractivity contribution is 0.0137. The predicted octanol–water partition coefficient (Wildman–Crippen LogP) is 3.29. The van der Waals surface area contributed by atoms with Gasteiger partial charge in [0.15, 0.2) is 0 Å². The Hall–Kier alpha value is -1.69. The fourth-order valence-electron chi connectivity index (χ4n) is 5.11. The minimum absolute atomic E-state index is 0.282. The van der Waals surface area contributed by atoms with Crippen LogP contribution in [0.5, 0.6) is 0 Å². The Morgan fingerprint density at radius 3 is 2.61 bits per heavy atom. The van der Waals surface area contributed by atoms with Crippen molar-refractivity contribution < 1.29 is 5.11 Å². The van der Waals surface area contributed by atoms with Crippen LogP contribution in [0.4, 0.5) is 0 Å². The summed E-state index contributed by atoms with van der Waals surface area (Å²) in [5.74, 6) is 0. The molecule has 1 atom stereocenters. The Bertz CT molecular complexity index is 738. The zero-order valence-corrected chi connectivity index (χ0v) is 17.1. The van der Waals surface area contributed by atoms with Gasteiger partial charge < -0.3 is 5.11 Å². The number of hydrogen-bond acceptors (Lipinski definition) is 4. The topological polar surface area (TPSA) is 44.5 Å². The van der Waals surface area contributed by atoms with Crippen LogP contribution in [0, 0.1) is 0 Å². The van der Waals surface area contributed by atoms with E-state index in [1.54, 1.807) is 0 Å². The summed E-state index contributed by atoms with van der Waals surface area (Å²) >= 11 is 0. The van der Waals surface area contributed by atoms with Gasteiger partial charge in [0, 0.05) is 69.2 Å². The molecule has 5 heteroatoms. The molecular weight excluding hydrogens is 348 g/mol. The molecule has 0 radical (unpaired) electrons. The lowest BCUT2D eigenvalue weighted by Gasteiger charge is -2.46. The molecule has 2 aromatic rings. The van der Waals surface area contributed by atoms with Crippen LogP contribution >= 0.6 is 0 Å². The highest BCUT2D eigenvalue weighted by molar-refractivity contribution is 5.62. The lowest BCUT2D eigenvalue weighted by Crippen LogP contribution is -2.56. The van der Waals surface area contributed by atoms with E-state index in [1.807, 2.05) is 11.7 Å². The van der Waals surface area contributed by atoms with Gasteiger partial charge in [-0.05, 0) is 19.3 Å². The Morgan fingerprint density at radius 1 is 1.07 bits per heavy atom. The monoisotopic (exact) mass is 382 g/mol. The second-order valence-corrected chi connectivity index (χ2v) is 8.47. The minimum atomic E-state index is 0.282. The molecule has 0 spiro atoms. The number of piperazine rings is 1. The van der Waals surface area contributed by atoms with Gasteiger partial charge in [-0.2, -0.15) is 5.10 Å². The first kappa shape index (κ1) is 19.6. The Balaban J connectivity index is 1.46. The molecule has 1 saturated carbocycles. The highest BCUT2D eigenvalue weighted by Crippen LogP contribution is 2.29. The maximum absolute atomic E-state index is 9.65. The smallest absolute Gasteiger partial charge is 0.0968 e. The van der Waals surface area contributed by atoms with E-state index in [9.17, 15) is 5.11 Å². The van der Waals surface area contributed by atoms with E-state index in [1.165, 1.54) is 43.2 Å². The van der Waals surface area contributed by atoms with Gasteiger partial charge >= 0.3 is 0 Å². The van der Waals surface area contributed by atoms with Crippen LogP contribution in [0.25, 0.3) is 11.3 Å². The van der Waals surface area contributed by atoms with Gasteiger partial charge in [-0.25, -0.2) is 0 Å². The first-order valence-corrected chi connectivity index (χ1v) is 10.9. The van der Waals surface area contributed by atoms with Gasteiger partial charge in [0.05, 0.1) is 5.69 Å². The van der Waals surface area contributed by atoms with Gasteiger partial charge in [0.2, 0.25) is 0 Å². The SMILES string of the molecule is Cn1cc(CN2CCN(C3CCCCC3)[C@H](CCO)C2)c(-c2ccccc2)n1. The van der Waals surface area contributed by atoms with Crippen LogP contribution < -0.4 is 0 Å². The van der Waals surface area contributed by atoms with Gasteiger partial charge in [-0.3, -0.25) is 14.5 Å². The number of aliphatic hydroxyl groups is 1. The van der Waals surface area contributed by atoms with Crippen LogP contribution in [0.2, 0.25) is 0 Å². The van der Waals surface area contributed by atoms with E-state index in [4.69, 9.17) is 5.10 Å². The average Bonchev–Trinajstić information content (AvgIpc) is 3.10. The zero-order valence-electron chi connectivity index (χ0n) is 17.1. The fourth-order valence-corrected chi connectivity index (χ4v) is 5.11. The summed E-state index contributed by atoms with van der Waals surface area (Å²) in [6.45, 7) is 4.47. The quantitative estimate of drug-likeness (QED) is 0.833. The van der Waals surface area contributed by atoms with Crippen LogP contribution in [-0.2, 0) is 13.6 Å². The molecule has 1 aliphatic heterocycles. The molecule has 1 N–H and O–H groups in total. The van der Waals surface area contributed by atoms with E-state index in [2.05, 4.69) is 46.3 Å². The van der Waals surface area contributed by atoms with E-state index < -0.39 is 0 Å². The maximum Gasteiger partial charge on any atom is 0.0968 e. The van der Waals surface area contributed by atoms with Gasteiger partial charge in [0.25, 0.3) is 0 Å². The van der Waals surface area contributed by atoms with Gasteiger partial charge in [-0.1, -0.05) is 49.6 Å². The highest BCUT2D eigenvalue weighted by Gasteiger charge is 2.32. The summed E-state index contributed by atoms with van der Waals surface area (Å²) in [6, 6.07) is 11.7. The molecular formula is C23H34N4O. The average molecular weight is 383 g/mol. The van der Waals surface area contributed by atoms with E-state index in [0.717, 1.165) is 44.3 Å². The van der Waals surface area contributed by atoms with Gasteiger partial charge in [0.1, 0.15) is 0 Å². The molecule has 1 aliphatic carbocycles. The molecule has 0 bridgehead atoms. The maximum atomic E-state index is 9.65. The lowest BCUT2D eigenvalue weighted by atomic mass is 9.91. The third-order valence-corrected chi connectivity index (χ3v) is 6.46. The number of aromatic nitrogens is 2. The molecule has 0 amide bonds. The van der Waals surface area contributed by atoms with Crippen LogP contribution in [-0.4, -0.2) is 63.0 Å². The van der Waals surface area contributed by atoms with Crippen molar-refractivity contribution >= 4 is 0 Å². The highest BCUT2D eigenvalue weighted by atomic mass is 16.3. The Labute approximate surface area is 169 Å². The molecule has 2 aliphatic rings.